The maximum absolute atomic E-state index is 14.4. The number of ketones is 2. The number of carbonyl (C=O) groups excluding carboxylic acids is 6. The molecule has 0 spiro atoms. The van der Waals surface area contributed by atoms with Crippen LogP contribution in [0.4, 0.5) is 16.2 Å². The molecule has 0 aromatic heterocycles. The van der Waals surface area contributed by atoms with Crippen molar-refractivity contribution >= 4 is 46.8 Å². The number of phenols is 1. The molecule has 0 unspecified atom stereocenters. The van der Waals surface area contributed by atoms with Crippen molar-refractivity contribution in [1.82, 2.24) is 9.80 Å². The van der Waals surface area contributed by atoms with Crippen LogP contribution in [0.1, 0.15) is 81.6 Å². The van der Waals surface area contributed by atoms with Crippen molar-refractivity contribution in [3.63, 3.8) is 0 Å². The van der Waals surface area contributed by atoms with Gasteiger partial charge in [-0.3, -0.25) is 33.8 Å². The largest absolute Gasteiger partial charge is 0.510 e. The van der Waals surface area contributed by atoms with E-state index in [9.17, 15) is 49.2 Å². The van der Waals surface area contributed by atoms with Crippen molar-refractivity contribution in [1.29, 1.82) is 0 Å². The Bertz CT molecular complexity index is 1890. The quantitative estimate of drug-likeness (QED) is 0.0865. The molecule has 4 atom stereocenters. The normalized spacial score (nSPS) is 23.9. The minimum absolute atomic E-state index is 0.0404. The summed E-state index contributed by atoms with van der Waals surface area (Å²) in [7, 11) is 6.46. The molecule has 5 rings (SSSR count). The monoisotopic (exact) mass is 783 g/mol. The van der Waals surface area contributed by atoms with Crippen molar-refractivity contribution in [2.24, 2.45) is 23.5 Å². The summed E-state index contributed by atoms with van der Waals surface area (Å²) in [4.78, 5) is 83.6. The number of Topliss-reactive ketones (excluding diaryl/α,β-unsaturated/α-hetero) is 2. The Morgan fingerprint density at radius 3 is 2.21 bits per heavy atom. The predicted octanol–water partition coefficient (Wildman–Crippen LogP) is 2.83. The van der Waals surface area contributed by atoms with Gasteiger partial charge in [-0.15, -0.1) is 0 Å². The lowest BCUT2D eigenvalue weighted by Crippen LogP contribution is -2.63. The Morgan fingerprint density at radius 2 is 1.64 bits per heavy atom. The van der Waals surface area contributed by atoms with Crippen molar-refractivity contribution in [2.45, 2.75) is 89.3 Å². The number of amides is 3. The number of allylic oxidation sites excluding steroid dienone is 1. The number of anilines is 2. The molecule has 1 aromatic rings. The van der Waals surface area contributed by atoms with Gasteiger partial charge in [-0.2, -0.15) is 0 Å². The Balaban J connectivity index is 1.41. The number of ether oxygens (including phenoxy) is 2. The van der Waals surface area contributed by atoms with E-state index in [1.807, 2.05) is 0 Å². The highest BCUT2D eigenvalue weighted by Crippen LogP contribution is 2.54. The van der Waals surface area contributed by atoms with E-state index in [-0.39, 0.29) is 42.0 Å². The molecular weight excluding hydrogens is 730 g/mol. The zero-order valence-electron chi connectivity index (χ0n) is 32.9. The van der Waals surface area contributed by atoms with E-state index in [2.05, 4.69) is 5.32 Å². The lowest BCUT2D eigenvalue weighted by molar-refractivity contribution is -0.154. The third-order valence-electron chi connectivity index (χ3n) is 11.4. The summed E-state index contributed by atoms with van der Waals surface area (Å²) in [6.45, 7) is 3.78. The van der Waals surface area contributed by atoms with Crippen molar-refractivity contribution < 1.29 is 58.7 Å². The topological polar surface area (TPSA) is 250 Å². The number of carbonyl (C=O) groups is 6. The van der Waals surface area contributed by atoms with E-state index >= 15 is 0 Å². The number of likely N-dealkylation sites (N-methyl/N-ethyl adjacent to an activating group) is 1. The van der Waals surface area contributed by atoms with Gasteiger partial charge < -0.3 is 45.9 Å². The van der Waals surface area contributed by atoms with Crippen LogP contribution in [-0.4, -0.2) is 124 Å². The summed E-state index contributed by atoms with van der Waals surface area (Å²) in [6.07, 6.45) is 4.40. The number of aliphatic hydroxyl groups is 3. The number of nitrogens with zero attached hydrogens (tertiary/aromatic N) is 3. The summed E-state index contributed by atoms with van der Waals surface area (Å²) >= 11 is 0. The number of fused-ring (bicyclic) bond motifs is 3. The predicted molar refractivity (Wildman–Crippen MR) is 202 cm³/mol. The van der Waals surface area contributed by atoms with E-state index < -0.39 is 101 Å². The first-order valence-corrected chi connectivity index (χ1v) is 18.7. The molecule has 0 bridgehead atoms. The molecule has 3 amide bonds. The Labute approximate surface area is 325 Å². The third kappa shape index (κ3) is 7.65. The number of aliphatic hydroxyl groups excluding tert-OH is 2. The lowest BCUT2D eigenvalue weighted by Gasteiger charge is -2.50. The van der Waals surface area contributed by atoms with Gasteiger partial charge in [0.05, 0.1) is 17.3 Å². The number of primary amides is 1. The molecule has 0 saturated heterocycles. The molecule has 7 N–H and O–H groups in total. The first-order chi connectivity index (χ1) is 26.1. The minimum atomic E-state index is -2.81. The summed E-state index contributed by atoms with van der Waals surface area (Å²) in [5.41, 5.74) is 0.672. The number of phenolic OH excluding ortho intramolecular Hbond substituents is 1. The van der Waals surface area contributed by atoms with Gasteiger partial charge in [0.15, 0.2) is 17.1 Å². The molecule has 306 valence electrons. The van der Waals surface area contributed by atoms with Gasteiger partial charge in [0.2, 0.25) is 18.5 Å². The van der Waals surface area contributed by atoms with Crippen LogP contribution in [0.3, 0.4) is 0 Å². The van der Waals surface area contributed by atoms with Gasteiger partial charge in [0, 0.05) is 43.2 Å². The highest BCUT2D eigenvalue weighted by Gasteiger charge is 2.63. The van der Waals surface area contributed by atoms with Gasteiger partial charge in [0.25, 0.3) is 5.91 Å². The molecular formula is C39H53N5O12. The summed E-state index contributed by atoms with van der Waals surface area (Å²) in [5.74, 6) is -8.96. The molecule has 1 fully saturated rings. The Morgan fingerprint density at radius 1 is 1.00 bits per heavy atom. The molecule has 0 aliphatic heterocycles. The van der Waals surface area contributed by atoms with Gasteiger partial charge in [-0.05, 0) is 84.0 Å². The van der Waals surface area contributed by atoms with E-state index in [1.165, 1.54) is 11.0 Å². The second-order valence-corrected chi connectivity index (χ2v) is 16.6. The van der Waals surface area contributed by atoms with Crippen LogP contribution < -0.4 is 16.0 Å². The number of hydrogen-bond acceptors (Lipinski definition) is 14. The molecule has 17 nitrogen and oxygen atoms in total. The zero-order chi connectivity index (χ0) is 41.6. The summed E-state index contributed by atoms with van der Waals surface area (Å²) in [5, 5.41) is 48.7. The van der Waals surface area contributed by atoms with Crippen LogP contribution >= 0.6 is 0 Å². The highest BCUT2D eigenvalue weighted by atomic mass is 16.7. The van der Waals surface area contributed by atoms with E-state index in [4.69, 9.17) is 15.2 Å². The fourth-order valence-corrected chi connectivity index (χ4v) is 8.61. The van der Waals surface area contributed by atoms with Crippen LogP contribution in [0, 0.1) is 17.8 Å². The average Bonchev–Trinajstić information content (AvgIpc) is 3.09. The van der Waals surface area contributed by atoms with Gasteiger partial charge in [0.1, 0.15) is 23.6 Å². The zero-order valence-corrected chi connectivity index (χ0v) is 32.9. The van der Waals surface area contributed by atoms with Crippen molar-refractivity contribution in [3.05, 3.63) is 39.9 Å². The van der Waals surface area contributed by atoms with Crippen LogP contribution in [0.15, 0.2) is 28.7 Å². The second kappa shape index (κ2) is 15.8. The van der Waals surface area contributed by atoms with Crippen molar-refractivity contribution in [3.8, 4) is 5.75 Å². The number of aromatic hydroxyl groups is 1. The van der Waals surface area contributed by atoms with E-state index in [1.54, 1.807) is 53.9 Å². The minimum Gasteiger partial charge on any atom is -0.510 e. The smallest absolute Gasteiger partial charge is 0.413 e. The molecule has 56 heavy (non-hydrogen) atoms. The van der Waals surface area contributed by atoms with Gasteiger partial charge >= 0.3 is 12.1 Å². The van der Waals surface area contributed by atoms with Crippen molar-refractivity contribution in [2.75, 3.05) is 51.7 Å². The Kier molecular flexibility index (Phi) is 11.8. The van der Waals surface area contributed by atoms with Crippen LogP contribution in [-0.2, 0) is 35.1 Å². The highest BCUT2D eigenvalue weighted by molar-refractivity contribution is 6.25. The SMILES string of the molecule is CN(C)c1cc(NC(=O)CN(C(=O)OCOC(=O)CC2CCCCC2)C(C)(C)C)c(O)c2c1C[C@H]1C[C@H]3[C@H](N(C)C)C(O)=C(C(N)=O)C(=O)[C@@]3(O)C(O)=C1C2=O. The number of hydrogen-bond donors (Lipinski definition) is 6. The Hall–Kier alpha value is -5.16. The second-order valence-electron chi connectivity index (χ2n) is 16.6. The third-order valence-corrected chi connectivity index (χ3v) is 11.4. The van der Waals surface area contributed by atoms with E-state index in [0.29, 0.717) is 11.3 Å². The fourth-order valence-electron chi connectivity index (χ4n) is 8.61. The number of nitrogens with two attached hydrogens (primary N) is 1. The number of benzene rings is 1. The summed E-state index contributed by atoms with van der Waals surface area (Å²) in [6, 6.07) is 0.324. The number of rotatable bonds is 10. The standard InChI is InChI=1S/C39H53N5O12/c1-38(2,3)44(37(53)56-18-55-26(46)13-19-11-9-8-10-12-19)17-25(45)41-23-16-24(42(4)5)21-14-20-15-22-30(43(6)7)33(49)29(36(40)52)35(51)39(22,54)34(50)27(20)32(48)28(21)31(23)47/h16,19-20,22,30,47,49-50,54H,8-15,17-18H2,1-7H3,(H2,40,52)(H,41,45)/t20-,22-,30-,39-/m0/s1. The summed E-state index contributed by atoms with van der Waals surface area (Å²) < 4.78 is 10.4. The van der Waals surface area contributed by atoms with Crippen LogP contribution in [0.25, 0.3) is 0 Å². The molecule has 4 aliphatic carbocycles. The first-order valence-electron chi connectivity index (χ1n) is 18.7. The van der Waals surface area contributed by atoms with Crippen LogP contribution in [0.5, 0.6) is 5.75 Å². The van der Waals surface area contributed by atoms with E-state index in [0.717, 1.165) is 37.0 Å². The number of esters is 1. The molecule has 17 heteroatoms. The molecule has 0 heterocycles. The fraction of sp³-hybridized carbons (Fsp3) is 0.590. The van der Waals surface area contributed by atoms with Gasteiger partial charge in [-0.25, -0.2) is 4.79 Å². The first kappa shape index (κ1) is 42.0. The maximum Gasteiger partial charge on any atom is 0.413 e. The molecule has 0 radical (unpaired) electrons. The molecule has 1 saturated carbocycles. The lowest BCUT2D eigenvalue weighted by atomic mass is 9.58. The maximum atomic E-state index is 14.4. The number of nitrogens with one attached hydrogen (secondary N) is 1. The van der Waals surface area contributed by atoms with Gasteiger partial charge in [-0.1, -0.05) is 19.3 Å². The average molecular weight is 784 g/mol. The molecule has 4 aliphatic rings. The van der Waals surface area contributed by atoms with Crippen LogP contribution in [0.2, 0.25) is 0 Å². The molecule has 1 aromatic carbocycles.